The van der Waals surface area contributed by atoms with Crippen LogP contribution in [0.3, 0.4) is 0 Å². The minimum absolute atomic E-state index is 0.0374. The topological polar surface area (TPSA) is 103 Å². The van der Waals surface area contributed by atoms with Crippen molar-refractivity contribution in [3.05, 3.63) is 23.2 Å². The lowest BCUT2D eigenvalue weighted by molar-refractivity contribution is -0.117. The lowest BCUT2D eigenvalue weighted by Gasteiger charge is -2.05. The molecule has 0 aliphatic heterocycles. The summed E-state index contributed by atoms with van der Waals surface area (Å²) in [6.07, 6.45) is -0.233. The molecule has 0 aliphatic carbocycles. The van der Waals surface area contributed by atoms with E-state index in [1.807, 2.05) is 0 Å². The maximum Gasteiger partial charge on any atom is 0.218 e. The average molecular weight is 263 g/mol. The third-order valence-electron chi connectivity index (χ3n) is 1.91. The monoisotopic (exact) mass is 262 g/mol. The third-order valence-corrected chi connectivity index (χ3v) is 4.10. The van der Waals surface area contributed by atoms with E-state index in [9.17, 15) is 13.2 Å². The highest BCUT2D eigenvalue weighted by atomic mass is 35.5. The molecule has 0 saturated carbocycles. The van der Waals surface area contributed by atoms with E-state index in [2.05, 4.69) is 0 Å². The quantitative estimate of drug-likeness (QED) is 0.774. The summed E-state index contributed by atoms with van der Waals surface area (Å²) in [4.78, 5) is 10.5. The van der Waals surface area contributed by atoms with E-state index in [1.54, 1.807) is 0 Å². The SMILES string of the molecule is NC(=O)CCS(=O)(=O)c1ccc(N)cc1Cl. The molecule has 1 aromatic rings. The summed E-state index contributed by atoms with van der Waals surface area (Å²) < 4.78 is 23.5. The molecule has 0 aliphatic rings. The maximum atomic E-state index is 11.7. The standard InChI is InChI=1S/C9H11ClN2O3S/c10-7-5-6(11)1-2-8(7)16(14,15)4-3-9(12)13/h1-2,5H,3-4,11H2,(H2,12,13). The van der Waals surface area contributed by atoms with E-state index in [0.29, 0.717) is 5.69 Å². The van der Waals surface area contributed by atoms with Gasteiger partial charge in [0, 0.05) is 12.1 Å². The highest BCUT2D eigenvalue weighted by Gasteiger charge is 2.18. The summed E-state index contributed by atoms with van der Waals surface area (Å²) in [6.45, 7) is 0. The number of amides is 1. The molecule has 0 saturated heterocycles. The fourth-order valence-electron chi connectivity index (χ4n) is 1.11. The Morgan fingerprint density at radius 3 is 2.50 bits per heavy atom. The third kappa shape index (κ3) is 3.11. The summed E-state index contributed by atoms with van der Waals surface area (Å²) >= 11 is 5.75. The highest BCUT2D eigenvalue weighted by molar-refractivity contribution is 7.91. The molecule has 0 bridgehead atoms. The van der Waals surface area contributed by atoms with Gasteiger partial charge >= 0.3 is 0 Å². The van der Waals surface area contributed by atoms with Gasteiger partial charge in [-0.1, -0.05) is 11.6 Å². The van der Waals surface area contributed by atoms with E-state index in [1.165, 1.54) is 18.2 Å². The first kappa shape index (κ1) is 12.8. The maximum absolute atomic E-state index is 11.7. The first-order valence-electron chi connectivity index (χ1n) is 4.39. The van der Waals surface area contributed by atoms with Crippen LogP contribution in [0.25, 0.3) is 0 Å². The van der Waals surface area contributed by atoms with E-state index in [-0.39, 0.29) is 22.1 Å². The van der Waals surface area contributed by atoms with E-state index in [0.717, 1.165) is 0 Å². The first-order valence-corrected chi connectivity index (χ1v) is 6.42. The average Bonchev–Trinajstić information content (AvgIpc) is 2.14. The Bertz CT molecular complexity index is 513. The minimum atomic E-state index is -3.59. The van der Waals surface area contributed by atoms with Crippen molar-refractivity contribution in [1.82, 2.24) is 0 Å². The number of hydrogen-bond donors (Lipinski definition) is 2. The van der Waals surface area contributed by atoms with Gasteiger partial charge in [0.1, 0.15) is 0 Å². The van der Waals surface area contributed by atoms with Gasteiger partial charge in [0.2, 0.25) is 5.91 Å². The Labute approximate surface area is 98.3 Å². The van der Waals surface area contributed by atoms with Crippen molar-refractivity contribution in [2.75, 3.05) is 11.5 Å². The number of carbonyl (C=O) groups excluding carboxylic acids is 1. The van der Waals surface area contributed by atoms with Crippen LogP contribution in [0, 0.1) is 0 Å². The van der Waals surface area contributed by atoms with Gasteiger partial charge in [0.05, 0.1) is 15.7 Å². The largest absolute Gasteiger partial charge is 0.399 e. The fraction of sp³-hybridized carbons (Fsp3) is 0.222. The number of anilines is 1. The van der Waals surface area contributed by atoms with Crippen LogP contribution in [0.5, 0.6) is 0 Å². The number of nitrogens with two attached hydrogens (primary N) is 2. The van der Waals surface area contributed by atoms with Gasteiger partial charge in [-0.2, -0.15) is 0 Å². The van der Waals surface area contributed by atoms with Crippen molar-refractivity contribution in [1.29, 1.82) is 0 Å². The molecule has 0 atom stereocenters. The minimum Gasteiger partial charge on any atom is -0.399 e. The van der Waals surface area contributed by atoms with Gasteiger partial charge < -0.3 is 11.5 Å². The van der Waals surface area contributed by atoms with E-state index >= 15 is 0 Å². The smallest absolute Gasteiger partial charge is 0.218 e. The van der Waals surface area contributed by atoms with Gasteiger partial charge in [0.25, 0.3) is 0 Å². The van der Waals surface area contributed by atoms with Crippen LogP contribution < -0.4 is 11.5 Å². The molecule has 7 heteroatoms. The molecule has 5 nitrogen and oxygen atoms in total. The van der Waals surface area contributed by atoms with Crippen molar-refractivity contribution in [2.45, 2.75) is 11.3 Å². The molecule has 4 N–H and O–H groups in total. The second-order valence-electron chi connectivity index (χ2n) is 3.23. The van der Waals surface area contributed by atoms with Crippen LogP contribution in [0.4, 0.5) is 5.69 Å². The number of rotatable bonds is 4. The summed E-state index contributed by atoms with van der Waals surface area (Å²) in [5.74, 6) is -1.03. The molecule has 1 amide bonds. The van der Waals surface area contributed by atoms with Gasteiger partial charge in [-0.25, -0.2) is 8.42 Å². The van der Waals surface area contributed by atoms with Crippen molar-refractivity contribution in [3.63, 3.8) is 0 Å². The van der Waals surface area contributed by atoms with Crippen LogP contribution in [-0.2, 0) is 14.6 Å². The first-order chi connectivity index (χ1) is 7.33. The second-order valence-corrected chi connectivity index (χ2v) is 5.71. The van der Waals surface area contributed by atoms with E-state index < -0.39 is 15.7 Å². The van der Waals surface area contributed by atoms with Crippen LogP contribution >= 0.6 is 11.6 Å². The molecule has 0 radical (unpaired) electrons. The Morgan fingerprint density at radius 2 is 2.00 bits per heavy atom. The molecule has 88 valence electrons. The van der Waals surface area contributed by atoms with Crippen molar-refractivity contribution in [3.8, 4) is 0 Å². The van der Waals surface area contributed by atoms with Crippen molar-refractivity contribution < 1.29 is 13.2 Å². The number of hydrogen-bond acceptors (Lipinski definition) is 4. The summed E-state index contributed by atoms with van der Waals surface area (Å²) in [5, 5.41) is 0.0458. The molecular weight excluding hydrogens is 252 g/mol. The molecule has 0 aromatic heterocycles. The Kier molecular flexibility index (Phi) is 3.77. The number of nitrogen functional groups attached to an aromatic ring is 1. The molecule has 0 heterocycles. The lowest BCUT2D eigenvalue weighted by Crippen LogP contribution is -2.17. The zero-order valence-corrected chi connectivity index (χ0v) is 9.88. The van der Waals surface area contributed by atoms with Crippen LogP contribution in [-0.4, -0.2) is 20.1 Å². The normalized spacial score (nSPS) is 11.3. The van der Waals surface area contributed by atoms with Gasteiger partial charge in [-0.3, -0.25) is 4.79 Å². The molecule has 0 spiro atoms. The van der Waals surface area contributed by atoms with Crippen LogP contribution in [0.2, 0.25) is 5.02 Å². The molecule has 0 unspecified atom stereocenters. The van der Waals surface area contributed by atoms with Gasteiger partial charge in [-0.15, -0.1) is 0 Å². The predicted molar refractivity (Wildman–Crippen MR) is 61.7 cm³/mol. The summed E-state index contributed by atoms with van der Waals surface area (Å²) in [7, 11) is -3.59. The number of benzene rings is 1. The zero-order chi connectivity index (χ0) is 12.3. The van der Waals surface area contributed by atoms with Crippen LogP contribution in [0.15, 0.2) is 23.1 Å². The number of sulfone groups is 1. The molecule has 0 fully saturated rings. The Morgan fingerprint density at radius 1 is 1.38 bits per heavy atom. The summed E-state index contributed by atoms with van der Waals surface area (Å²) in [6, 6.07) is 4.09. The van der Waals surface area contributed by atoms with Gasteiger partial charge in [0.15, 0.2) is 9.84 Å². The van der Waals surface area contributed by atoms with Crippen LogP contribution in [0.1, 0.15) is 6.42 Å². The lowest BCUT2D eigenvalue weighted by atomic mass is 10.3. The molecular formula is C9H11ClN2O3S. The van der Waals surface area contributed by atoms with Crippen molar-refractivity contribution >= 4 is 33.0 Å². The van der Waals surface area contributed by atoms with Crippen molar-refractivity contribution in [2.24, 2.45) is 5.73 Å². The molecule has 1 rings (SSSR count). The Hall–Kier alpha value is -1.27. The molecule has 16 heavy (non-hydrogen) atoms. The summed E-state index contributed by atoms with van der Waals surface area (Å²) in [5.41, 5.74) is 10.7. The predicted octanol–water partition coefficient (Wildman–Crippen LogP) is 0.571. The van der Waals surface area contributed by atoms with Gasteiger partial charge in [-0.05, 0) is 18.2 Å². The fourth-order valence-corrected chi connectivity index (χ4v) is 2.98. The van der Waals surface area contributed by atoms with E-state index in [4.69, 9.17) is 23.1 Å². The highest BCUT2D eigenvalue weighted by Crippen LogP contribution is 2.24. The Balaban J connectivity index is 3.03. The molecule has 1 aromatic carbocycles. The number of halogens is 1. The number of carbonyl (C=O) groups is 1. The number of primary amides is 1. The second kappa shape index (κ2) is 4.71. The zero-order valence-electron chi connectivity index (χ0n) is 8.31.